The summed E-state index contributed by atoms with van der Waals surface area (Å²) in [6, 6.07) is 4.42. The molecule has 0 spiro atoms. The van der Waals surface area contributed by atoms with Crippen LogP contribution in [0, 0.1) is 0 Å². The van der Waals surface area contributed by atoms with Crippen molar-refractivity contribution in [3.63, 3.8) is 0 Å². The third-order valence-electron chi connectivity index (χ3n) is 2.88. The average Bonchev–Trinajstić information content (AvgIpc) is 2.52. The van der Waals surface area contributed by atoms with Gasteiger partial charge in [0.05, 0.1) is 22.2 Å². The number of ether oxygens (including phenoxy) is 2. The number of carbonyl (C=O) groups excluding carboxylic acids is 2. The molecule has 0 aliphatic rings. The Morgan fingerprint density at radius 3 is 2.39 bits per heavy atom. The maximum atomic E-state index is 12.2. The lowest BCUT2D eigenvalue weighted by molar-refractivity contribution is 0.0724. The summed E-state index contributed by atoms with van der Waals surface area (Å²) in [5.41, 5.74) is 0.242. The molecular formula is C15H10Cl3NO4. The molecule has 0 N–H and O–H groups in total. The van der Waals surface area contributed by atoms with Gasteiger partial charge in [0.1, 0.15) is 0 Å². The Hall–Kier alpha value is -1.82. The van der Waals surface area contributed by atoms with Gasteiger partial charge >= 0.3 is 5.97 Å². The fourth-order valence-electron chi connectivity index (χ4n) is 1.70. The Balaban J connectivity index is 2.34. The molecule has 2 rings (SSSR count). The van der Waals surface area contributed by atoms with Crippen LogP contribution in [0.5, 0.6) is 11.5 Å². The van der Waals surface area contributed by atoms with Crippen molar-refractivity contribution in [1.82, 2.24) is 4.98 Å². The highest BCUT2D eigenvalue weighted by Gasteiger charge is 2.20. The van der Waals surface area contributed by atoms with Gasteiger partial charge in [-0.05, 0) is 25.1 Å². The molecular weight excluding hydrogens is 365 g/mol. The molecule has 1 heterocycles. The summed E-state index contributed by atoms with van der Waals surface area (Å²) in [5.74, 6) is -0.633. The number of Topliss-reactive ketones (excluding diaryl/α,β-unsaturated/α-hetero) is 1. The van der Waals surface area contributed by atoms with E-state index in [2.05, 4.69) is 4.98 Å². The third-order valence-corrected chi connectivity index (χ3v) is 4.12. The summed E-state index contributed by atoms with van der Waals surface area (Å²) in [5, 5.41) is 0.0225. The molecule has 0 fully saturated rings. The smallest absolute Gasteiger partial charge is 0.364 e. The number of benzene rings is 1. The average molecular weight is 375 g/mol. The number of nitrogens with zero attached hydrogens (tertiary/aromatic N) is 1. The molecule has 23 heavy (non-hydrogen) atoms. The summed E-state index contributed by atoms with van der Waals surface area (Å²) in [6.07, 6.45) is 1.20. The number of rotatable bonds is 4. The lowest BCUT2D eigenvalue weighted by Crippen LogP contribution is -2.12. The van der Waals surface area contributed by atoms with E-state index in [0.29, 0.717) is 5.56 Å². The van der Waals surface area contributed by atoms with Crippen LogP contribution in [0.15, 0.2) is 24.4 Å². The molecule has 0 aliphatic heterocycles. The Morgan fingerprint density at radius 2 is 1.78 bits per heavy atom. The zero-order valence-corrected chi connectivity index (χ0v) is 14.3. The van der Waals surface area contributed by atoms with Crippen LogP contribution in [0.3, 0.4) is 0 Å². The van der Waals surface area contributed by atoms with Gasteiger partial charge in [-0.1, -0.05) is 34.8 Å². The van der Waals surface area contributed by atoms with Crippen molar-refractivity contribution in [1.29, 1.82) is 0 Å². The van der Waals surface area contributed by atoms with Crippen molar-refractivity contribution in [3.8, 4) is 11.5 Å². The van der Waals surface area contributed by atoms with E-state index in [-0.39, 0.29) is 38.0 Å². The Labute approximate surface area is 147 Å². The number of hydrogen-bond donors (Lipinski definition) is 0. The lowest BCUT2D eigenvalue weighted by Gasteiger charge is -2.11. The number of carbonyl (C=O) groups is 2. The van der Waals surface area contributed by atoms with Crippen molar-refractivity contribution in [2.75, 3.05) is 7.11 Å². The molecule has 1 aromatic carbocycles. The second-order valence-corrected chi connectivity index (χ2v) is 5.56. The van der Waals surface area contributed by atoms with Crippen LogP contribution < -0.4 is 9.47 Å². The molecule has 0 saturated carbocycles. The number of aromatic nitrogens is 1. The Kier molecular flexibility index (Phi) is 5.46. The van der Waals surface area contributed by atoms with Gasteiger partial charge in [-0.3, -0.25) is 4.79 Å². The zero-order valence-electron chi connectivity index (χ0n) is 12.0. The number of hydrogen-bond acceptors (Lipinski definition) is 5. The quantitative estimate of drug-likeness (QED) is 0.449. The number of ketones is 1. The van der Waals surface area contributed by atoms with Gasteiger partial charge in [-0.15, -0.1) is 0 Å². The van der Waals surface area contributed by atoms with E-state index in [1.807, 2.05) is 0 Å². The highest BCUT2D eigenvalue weighted by Crippen LogP contribution is 2.33. The minimum absolute atomic E-state index is 0.00850. The molecule has 120 valence electrons. The standard InChI is InChI=1S/C15H10Cl3NO4/c1-7(20)8-3-4-10(11(5-8)22-2)23-15(21)14-13(18)12(17)9(16)6-19-14/h3-6H,1-2H3. The predicted octanol–water partition coefficient (Wildman–Crippen LogP) is 4.47. The molecule has 0 radical (unpaired) electrons. The van der Waals surface area contributed by atoms with Crippen molar-refractivity contribution in [2.24, 2.45) is 0 Å². The second kappa shape index (κ2) is 7.17. The first-order valence-electron chi connectivity index (χ1n) is 6.25. The summed E-state index contributed by atoms with van der Waals surface area (Å²) in [6.45, 7) is 1.42. The number of pyridine rings is 1. The summed E-state index contributed by atoms with van der Waals surface area (Å²) < 4.78 is 10.3. The highest BCUT2D eigenvalue weighted by atomic mass is 35.5. The van der Waals surface area contributed by atoms with Crippen LogP contribution in [-0.4, -0.2) is 23.8 Å². The molecule has 8 heteroatoms. The van der Waals surface area contributed by atoms with E-state index in [1.165, 1.54) is 38.4 Å². The fraction of sp³-hybridized carbons (Fsp3) is 0.133. The van der Waals surface area contributed by atoms with E-state index >= 15 is 0 Å². The van der Waals surface area contributed by atoms with Gasteiger partial charge in [-0.2, -0.15) is 0 Å². The van der Waals surface area contributed by atoms with Gasteiger partial charge in [0.25, 0.3) is 0 Å². The lowest BCUT2D eigenvalue weighted by atomic mass is 10.1. The molecule has 0 atom stereocenters. The van der Waals surface area contributed by atoms with Gasteiger partial charge in [0, 0.05) is 11.8 Å². The molecule has 1 aromatic heterocycles. The topological polar surface area (TPSA) is 65.5 Å². The largest absolute Gasteiger partial charge is 0.493 e. The van der Waals surface area contributed by atoms with Crippen LogP contribution in [0.1, 0.15) is 27.8 Å². The number of esters is 1. The minimum Gasteiger partial charge on any atom is -0.493 e. The number of methoxy groups -OCH3 is 1. The minimum atomic E-state index is -0.831. The summed E-state index contributed by atoms with van der Waals surface area (Å²) >= 11 is 17.6. The van der Waals surface area contributed by atoms with Crippen molar-refractivity contribution >= 4 is 46.6 Å². The van der Waals surface area contributed by atoms with Gasteiger partial charge < -0.3 is 9.47 Å². The van der Waals surface area contributed by atoms with Gasteiger partial charge in [0.15, 0.2) is 23.0 Å². The first kappa shape index (κ1) is 17.5. The zero-order chi connectivity index (χ0) is 17.1. The van der Waals surface area contributed by atoms with E-state index in [9.17, 15) is 9.59 Å². The van der Waals surface area contributed by atoms with E-state index in [1.54, 1.807) is 0 Å². The molecule has 0 unspecified atom stereocenters. The van der Waals surface area contributed by atoms with E-state index in [4.69, 9.17) is 44.3 Å². The molecule has 0 bridgehead atoms. The van der Waals surface area contributed by atoms with Crippen LogP contribution in [0.2, 0.25) is 15.1 Å². The molecule has 0 saturated heterocycles. The SMILES string of the molecule is COc1cc(C(C)=O)ccc1OC(=O)c1ncc(Cl)c(Cl)c1Cl. The summed E-state index contributed by atoms with van der Waals surface area (Å²) in [7, 11) is 1.39. The van der Waals surface area contributed by atoms with Crippen LogP contribution in [0.4, 0.5) is 0 Å². The first-order chi connectivity index (χ1) is 10.8. The maximum absolute atomic E-state index is 12.2. The molecule has 0 aliphatic carbocycles. The van der Waals surface area contributed by atoms with E-state index < -0.39 is 5.97 Å². The normalized spacial score (nSPS) is 10.3. The maximum Gasteiger partial charge on any atom is 0.364 e. The fourth-order valence-corrected chi connectivity index (χ4v) is 2.26. The Bertz CT molecular complexity index is 793. The number of halogens is 3. The Morgan fingerprint density at radius 1 is 1.09 bits per heavy atom. The molecule has 2 aromatic rings. The highest BCUT2D eigenvalue weighted by molar-refractivity contribution is 6.48. The first-order valence-corrected chi connectivity index (χ1v) is 7.39. The van der Waals surface area contributed by atoms with Crippen molar-refractivity contribution in [2.45, 2.75) is 6.92 Å². The van der Waals surface area contributed by atoms with Gasteiger partial charge in [0.2, 0.25) is 0 Å². The van der Waals surface area contributed by atoms with Crippen LogP contribution >= 0.6 is 34.8 Å². The monoisotopic (exact) mass is 373 g/mol. The molecule has 0 amide bonds. The van der Waals surface area contributed by atoms with E-state index in [0.717, 1.165) is 0 Å². The second-order valence-electron chi connectivity index (χ2n) is 4.39. The van der Waals surface area contributed by atoms with Crippen molar-refractivity contribution in [3.05, 3.63) is 50.7 Å². The van der Waals surface area contributed by atoms with Gasteiger partial charge in [-0.25, -0.2) is 9.78 Å². The molecule has 5 nitrogen and oxygen atoms in total. The third kappa shape index (κ3) is 3.75. The van der Waals surface area contributed by atoms with Crippen molar-refractivity contribution < 1.29 is 19.1 Å². The predicted molar refractivity (Wildman–Crippen MR) is 87.2 cm³/mol. The summed E-state index contributed by atoms with van der Waals surface area (Å²) in [4.78, 5) is 27.4. The van der Waals surface area contributed by atoms with Crippen LogP contribution in [0.25, 0.3) is 0 Å². The van der Waals surface area contributed by atoms with Crippen LogP contribution in [-0.2, 0) is 0 Å².